The quantitative estimate of drug-likeness (QED) is 0.327. The second kappa shape index (κ2) is 7.00. The van der Waals surface area contributed by atoms with Crippen molar-refractivity contribution in [2.45, 2.75) is 24.7 Å². The summed E-state index contributed by atoms with van der Waals surface area (Å²) in [6, 6.07) is 20.2. The Morgan fingerprint density at radius 3 is 2.15 bits per heavy atom. The molecule has 34 heavy (non-hydrogen) atoms. The predicted molar refractivity (Wildman–Crippen MR) is 125 cm³/mol. The topological polar surface area (TPSA) is 89.8 Å². The van der Waals surface area contributed by atoms with Crippen molar-refractivity contribution < 1.29 is 19.2 Å². The van der Waals surface area contributed by atoms with Gasteiger partial charge < -0.3 is 4.74 Å². The van der Waals surface area contributed by atoms with Crippen molar-refractivity contribution in [3.8, 4) is 5.75 Å². The van der Waals surface area contributed by atoms with Crippen molar-refractivity contribution in [1.82, 2.24) is 0 Å². The Morgan fingerprint density at radius 2 is 1.59 bits per heavy atom. The van der Waals surface area contributed by atoms with Crippen molar-refractivity contribution in [2.75, 3.05) is 12.0 Å². The van der Waals surface area contributed by atoms with Crippen molar-refractivity contribution in [2.24, 2.45) is 11.8 Å². The number of anilines is 1. The highest BCUT2D eigenvalue weighted by Gasteiger charge is 2.67. The molecule has 7 rings (SSSR count). The fourth-order valence-electron chi connectivity index (χ4n) is 6.73. The molecular weight excluding hydrogens is 432 g/mol. The highest BCUT2D eigenvalue weighted by atomic mass is 16.6. The van der Waals surface area contributed by atoms with Gasteiger partial charge in [0.1, 0.15) is 11.4 Å². The summed E-state index contributed by atoms with van der Waals surface area (Å²) in [6.45, 7) is 2.06. The van der Waals surface area contributed by atoms with Gasteiger partial charge in [-0.1, -0.05) is 55.5 Å². The van der Waals surface area contributed by atoms with Crippen LogP contribution in [-0.2, 0) is 15.0 Å². The van der Waals surface area contributed by atoms with Gasteiger partial charge in [0, 0.05) is 23.5 Å². The summed E-state index contributed by atoms with van der Waals surface area (Å²) in [5, 5.41) is 11.5. The number of hydrogen-bond donors (Lipinski definition) is 0. The Balaban J connectivity index is 1.62. The second-order valence-electron chi connectivity index (χ2n) is 9.11. The monoisotopic (exact) mass is 454 g/mol. The molecule has 0 saturated carbocycles. The lowest BCUT2D eigenvalue weighted by molar-refractivity contribution is -0.384. The first-order chi connectivity index (χ1) is 16.5. The minimum absolute atomic E-state index is 0.125. The van der Waals surface area contributed by atoms with Crippen LogP contribution in [0.2, 0.25) is 0 Å². The molecule has 2 atom stereocenters. The molecule has 3 aromatic carbocycles. The van der Waals surface area contributed by atoms with Gasteiger partial charge in [0.15, 0.2) is 0 Å². The fraction of sp³-hybridized carbons (Fsp3) is 0.259. The Labute approximate surface area is 196 Å². The summed E-state index contributed by atoms with van der Waals surface area (Å²) in [5.41, 5.74) is 3.62. The molecule has 0 radical (unpaired) electrons. The maximum Gasteiger partial charge on any atom is 0.271 e. The Bertz CT molecular complexity index is 1350. The largest absolute Gasteiger partial charge is 0.495 e. The highest BCUT2D eigenvalue weighted by molar-refractivity contribution is 6.24. The van der Waals surface area contributed by atoms with E-state index in [1.165, 1.54) is 25.3 Å². The predicted octanol–water partition coefficient (Wildman–Crippen LogP) is 4.56. The van der Waals surface area contributed by atoms with Gasteiger partial charge in [0.25, 0.3) is 5.69 Å². The van der Waals surface area contributed by atoms with Crippen LogP contribution in [0.5, 0.6) is 5.75 Å². The summed E-state index contributed by atoms with van der Waals surface area (Å²) in [7, 11) is 1.42. The van der Waals surface area contributed by atoms with Crippen molar-refractivity contribution >= 4 is 23.2 Å². The van der Waals surface area contributed by atoms with Crippen LogP contribution < -0.4 is 9.64 Å². The van der Waals surface area contributed by atoms with Gasteiger partial charge in [-0.3, -0.25) is 19.7 Å². The molecule has 2 amide bonds. The molecule has 7 heteroatoms. The molecule has 0 N–H and O–H groups in total. The Kier molecular flexibility index (Phi) is 4.24. The number of benzene rings is 3. The van der Waals surface area contributed by atoms with Gasteiger partial charge in [-0.05, 0) is 34.7 Å². The second-order valence-corrected chi connectivity index (χ2v) is 9.11. The third-order valence-electron chi connectivity index (χ3n) is 7.97. The van der Waals surface area contributed by atoms with E-state index in [-0.39, 0.29) is 34.9 Å². The fourth-order valence-corrected chi connectivity index (χ4v) is 6.73. The summed E-state index contributed by atoms with van der Waals surface area (Å²) < 4.78 is 5.42. The number of nitro groups is 1. The molecule has 4 aliphatic rings. The Morgan fingerprint density at radius 1 is 0.971 bits per heavy atom. The van der Waals surface area contributed by atoms with Gasteiger partial charge in [-0.15, -0.1) is 0 Å². The minimum Gasteiger partial charge on any atom is -0.495 e. The third kappa shape index (κ3) is 2.31. The molecule has 3 aliphatic carbocycles. The zero-order chi connectivity index (χ0) is 23.8. The number of nitro benzene ring substituents is 1. The van der Waals surface area contributed by atoms with E-state index in [4.69, 9.17) is 4.74 Å². The standard InChI is InChI=1S/C27H22N2O5/c1-3-27-18-10-6-4-8-16(18)22(17-9-5-7-11-19(17)27)23-24(27)26(31)28(25(23)30)20-14-15(29(32)33)12-13-21(20)34-2/h4-14,22-24H,3H2,1-2H3/t22?,23-,24+,27?/m1/s1. The van der Waals surface area contributed by atoms with Crippen LogP contribution in [0, 0.1) is 22.0 Å². The molecular formula is C27H22N2O5. The minimum atomic E-state index is -0.651. The number of carbonyl (C=O) groups is 2. The summed E-state index contributed by atoms with van der Waals surface area (Å²) in [5.74, 6) is -1.84. The number of hydrogen-bond acceptors (Lipinski definition) is 5. The number of rotatable bonds is 4. The molecule has 1 aliphatic heterocycles. The van der Waals surface area contributed by atoms with E-state index in [0.29, 0.717) is 6.42 Å². The average molecular weight is 454 g/mol. The molecule has 2 bridgehead atoms. The van der Waals surface area contributed by atoms with Gasteiger partial charge in [0.2, 0.25) is 11.8 Å². The van der Waals surface area contributed by atoms with E-state index < -0.39 is 22.2 Å². The molecule has 1 heterocycles. The van der Waals surface area contributed by atoms with Crippen LogP contribution in [0.1, 0.15) is 41.5 Å². The smallest absolute Gasteiger partial charge is 0.271 e. The number of carbonyl (C=O) groups excluding carboxylic acids is 2. The van der Waals surface area contributed by atoms with Crippen LogP contribution >= 0.6 is 0 Å². The van der Waals surface area contributed by atoms with Crippen LogP contribution in [0.25, 0.3) is 0 Å². The van der Waals surface area contributed by atoms with Gasteiger partial charge in [-0.25, -0.2) is 4.90 Å². The lowest BCUT2D eigenvalue weighted by atomic mass is 9.46. The van der Waals surface area contributed by atoms with E-state index in [1.807, 2.05) is 24.3 Å². The first kappa shape index (κ1) is 20.6. The number of amides is 2. The van der Waals surface area contributed by atoms with Crippen LogP contribution in [0.15, 0.2) is 66.7 Å². The van der Waals surface area contributed by atoms with Crippen molar-refractivity contribution in [3.63, 3.8) is 0 Å². The molecule has 0 unspecified atom stereocenters. The average Bonchev–Trinajstić information content (AvgIpc) is 3.14. The summed E-state index contributed by atoms with van der Waals surface area (Å²) in [6.07, 6.45) is 0.647. The molecule has 0 spiro atoms. The lowest BCUT2D eigenvalue weighted by Crippen LogP contribution is -2.53. The molecule has 3 aromatic rings. The third-order valence-corrected chi connectivity index (χ3v) is 7.97. The number of ether oxygens (including phenoxy) is 1. The number of nitrogens with zero attached hydrogens (tertiary/aromatic N) is 2. The van der Waals surface area contributed by atoms with E-state index in [1.54, 1.807) is 0 Å². The Hall–Kier alpha value is -4.00. The first-order valence-electron chi connectivity index (χ1n) is 11.3. The molecule has 1 saturated heterocycles. The first-order valence-corrected chi connectivity index (χ1v) is 11.3. The van der Waals surface area contributed by atoms with Crippen LogP contribution in [-0.4, -0.2) is 23.8 Å². The van der Waals surface area contributed by atoms with E-state index >= 15 is 0 Å². The molecule has 170 valence electrons. The van der Waals surface area contributed by atoms with Gasteiger partial charge in [0.05, 0.1) is 23.9 Å². The van der Waals surface area contributed by atoms with E-state index in [0.717, 1.165) is 27.2 Å². The SMILES string of the molecule is CCC12c3ccccc3C(c3ccccc31)[C@H]1C(=O)N(c3cc([N+](=O)[O-])ccc3OC)C(=O)[C@H]12. The number of imide groups is 1. The van der Waals surface area contributed by atoms with Crippen molar-refractivity contribution in [1.29, 1.82) is 0 Å². The summed E-state index contributed by atoms with van der Waals surface area (Å²) >= 11 is 0. The van der Waals surface area contributed by atoms with Crippen LogP contribution in [0.3, 0.4) is 0 Å². The maximum absolute atomic E-state index is 14.2. The van der Waals surface area contributed by atoms with Crippen LogP contribution in [0.4, 0.5) is 11.4 Å². The normalized spacial score (nSPS) is 26.2. The van der Waals surface area contributed by atoms with Crippen molar-refractivity contribution in [3.05, 3.63) is 99.1 Å². The van der Waals surface area contributed by atoms with E-state index in [9.17, 15) is 19.7 Å². The molecule has 7 nitrogen and oxygen atoms in total. The zero-order valence-corrected chi connectivity index (χ0v) is 18.7. The van der Waals surface area contributed by atoms with Gasteiger partial charge in [-0.2, -0.15) is 0 Å². The highest BCUT2D eigenvalue weighted by Crippen LogP contribution is 2.65. The zero-order valence-electron chi connectivity index (χ0n) is 18.7. The summed E-state index contributed by atoms with van der Waals surface area (Å²) in [4.78, 5) is 40.3. The molecule has 0 aromatic heterocycles. The number of methoxy groups -OCH3 is 1. The van der Waals surface area contributed by atoms with Gasteiger partial charge >= 0.3 is 0 Å². The number of non-ortho nitro benzene ring substituents is 1. The maximum atomic E-state index is 14.2. The molecule has 1 fully saturated rings. The van der Waals surface area contributed by atoms with E-state index in [2.05, 4.69) is 31.2 Å². The lowest BCUT2D eigenvalue weighted by Gasteiger charge is -2.54.